The average molecular weight is 291 g/mol. The second kappa shape index (κ2) is 7.25. The van der Waals surface area contributed by atoms with Gasteiger partial charge in [0.05, 0.1) is 6.61 Å². The Labute approximate surface area is 121 Å². The van der Waals surface area contributed by atoms with Gasteiger partial charge < -0.3 is 20.5 Å². The number of hydrogen-bond acceptors (Lipinski definition) is 6. The zero-order valence-corrected chi connectivity index (χ0v) is 11.7. The maximum atomic E-state index is 11.9. The van der Waals surface area contributed by atoms with Gasteiger partial charge in [-0.2, -0.15) is 0 Å². The Morgan fingerprint density at radius 1 is 1.43 bits per heavy atom. The molecule has 1 amide bonds. The van der Waals surface area contributed by atoms with Crippen LogP contribution < -0.4 is 15.8 Å². The summed E-state index contributed by atoms with van der Waals surface area (Å²) < 4.78 is 11.7. The van der Waals surface area contributed by atoms with Gasteiger partial charge in [-0.15, -0.1) is 5.10 Å². The lowest BCUT2D eigenvalue weighted by Gasteiger charge is -2.09. The summed E-state index contributed by atoms with van der Waals surface area (Å²) in [5, 5.41) is 6.59. The molecule has 2 rings (SSSR count). The van der Waals surface area contributed by atoms with Gasteiger partial charge in [-0.1, -0.05) is 6.07 Å². The lowest BCUT2D eigenvalue weighted by Crippen LogP contribution is -2.19. The molecule has 1 aromatic carbocycles. The molecule has 2 aromatic rings. The molecule has 1 heterocycles. The van der Waals surface area contributed by atoms with E-state index in [1.54, 1.807) is 25.3 Å². The van der Waals surface area contributed by atoms with Crippen LogP contribution in [0.2, 0.25) is 0 Å². The first-order valence-corrected chi connectivity index (χ1v) is 6.34. The normalized spacial score (nSPS) is 10.3. The lowest BCUT2D eigenvalue weighted by molar-refractivity contribution is -0.116. The van der Waals surface area contributed by atoms with E-state index in [-0.39, 0.29) is 18.4 Å². The number of anilines is 2. The van der Waals surface area contributed by atoms with Crippen LogP contribution in [0.3, 0.4) is 0 Å². The van der Waals surface area contributed by atoms with Crippen LogP contribution in [-0.4, -0.2) is 41.0 Å². The molecular weight excluding hydrogens is 274 g/mol. The summed E-state index contributed by atoms with van der Waals surface area (Å²) in [6, 6.07) is 7.12. The van der Waals surface area contributed by atoms with Gasteiger partial charge in [-0.25, -0.2) is 9.67 Å². The SMILES string of the molecule is COCCOc1cccc(NC(=O)Cn2cnc(N)n2)c1. The quantitative estimate of drug-likeness (QED) is 0.721. The molecule has 0 aliphatic rings. The van der Waals surface area contributed by atoms with Crippen molar-refractivity contribution in [2.45, 2.75) is 6.54 Å². The minimum Gasteiger partial charge on any atom is -0.491 e. The monoisotopic (exact) mass is 291 g/mol. The van der Waals surface area contributed by atoms with Crippen LogP contribution >= 0.6 is 0 Å². The molecule has 0 saturated carbocycles. The zero-order valence-electron chi connectivity index (χ0n) is 11.7. The number of hydrogen-bond donors (Lipinski definition) is 2. The second-order valence-electron chi connectivity index (χ2n) is 4.22. The topological polar surface area (TPSA) is 104 Å². The van der Waals surface area contributed by atoms with Crippen molar-refractivity contribution >= 4 is 17.5 Å². The largest absolute Gasteiger partial charge is 0.491 e. The highest BCUT2D eigenvalue weighted by Crippen LogP contribution is 2.17. The van der Waals surface area contributed by atoms with E-state index in [4.69, 9.17) is 15.2 Å². The number of nitrogens with two attached hydrogens (primary N) is 1. The Bertz CT molecular complexity index is 599. The molecule has 0 radical (unpaired) electrons. The van der Waals surface area contributed by atoms with E-state index < -0.39 is 0 Å². The summed E-state index contributed by atoms with van der Waals surface area (Å²) in [7, 11) is 1.61. The van der Waals surface area contributed by atoms with E-state index in [0.29, 0.717) is 24.7 Å². The zero-order chi connectivity index (χ0) is 15.1. The number of carbonyl (C=O) groups excluding carboxylic acids is 1. The lowest BCUT2D eigenvalue weighted by atomic mass is 10.3. The van der Waals surface area contributed by atoms with E-state index in [1.807, 2.05) is 6.07 Å². The van der Waals surface area contributed by atoms with Crippen molar-refractivity contribution in [1.29, 1.82) is 0 Å². The van der Waals surface area contributed by atoms with Crippen molar-refractivity contribution in [3.8, 4) is 5.75 Å². The molecule has 8 heteroatoms. The van der Waals surface area contributed by atoms with Crippen molar-refractivity contribution in [3.63, 3.8) is 0 Å². The first-order valence-electron chi connectivity index (χ1n) is 6.34. The molecule has 0 fully saturated rings. The van der Waals surface area contributed by atoms with Crippen LogP contribution in [0, 0.1) is 0 Å². The van der Waals surface area contributed by atoms with Gasteiger partial charge in [0.15, 0.2) is 0 Å². The number of aromatic nitrogens is 3. The molecule has 112 valence electrons. The Hall–Kier alpha value is -2.61. The number of nitrogen functional groups attached to an aromatic ring is 1. The molecule has 0 bridgehead atoms. The Balaban J connectivity index is 1.89. The number of benzene rings is 1. The van der Waals surface area contributed by atoms with Gasteiger partial charge >= 0.3 is 0 Å². The van der Waals surface area contributed by atoms with Gasteiger partial charge in [0, 0.05) is 18.9 Å². The predicted molar refractivity (Wildman–Crippen MR) is 76.9 cm³/mol. The number of amides is 1. The molecular formula is C13H17N5O3. The summed E-state index contributed by atoms with van der Waals surface area (Å²) in [6.45, 7) is 0.995. The fraction of sp³-hybridized carbons (Fsp3) is 0.308. The fourth-order valence-electron chi connectivity index (χ4n) is 1.64. The van der Waals surface area contributed by atoms with Gasteiger partial charge in [-0.05, 0) is 12.1 Å². The van der Waals surface area contributed by atoms with E-state index >= 15 is 0 Å². The molecule has 0 aliphatic carbocycles. The van der Waals surface area contributed by atoms with E-state index in [9.17, 15) is 4.79 Å². The number of nitrogens with zero attached hydrogens (tertiary/aromatic N) is 3. The third-order valence-electron chi connectivity index (χ3n) is 2.53. The Kier molecular flexibility index (Phi) is 5.10. The predicted octanol–water partition coefficient (Wildman–Crippen LogP) is 0.524. The third-order valence-corrected chi connectivity index (χ3v) is 2.53. The Morgan fingerprint density at radius 3 is 3.00 bits per heavy atom. The highest BCUT2D eigenvalue weighted by Gasteiger charge is 2.06. The smallest absolute Gasteiger partial charge is 0.246 e. The molecule has 0 spiro atoms. The number of ether oxygens (including phenoxy) is 2. The maximum Gasteiger partial charge on any atom is 0.246 e. The highest BCUT2D eigenvalue weighted by molar-refractivity contribution is 5.90. The average Bonchev–Trinajstić information content (AvgIpc) is 2.84. The number of carbonyl (C=O) groups is 1. The fourth-order valence-corrected chi connectivity index (χ4v) is 1.64. The van der Waals surface area contributed by atoms with Crippen LogP contribution in [-0.2, 0) is 16.1 Å². The summed E-state index contributed by atoms with van der Waals surface area (Å²) in [5.74, 6) is 0.570. The van der Waals surface area contributed by atoms with Crippen LogP contribution in [0.1, 0.15) is 0 Å². The molecule has 8 nitrogen and oxygen atoms in total. The Morgan fingerprint density at radius 2 is 2.29 bits per heavy atom. The van der Waals surface area contributed by atoms with Crippen LogP contribution in [0.25, 0.3) is 0 Å². The van der Waals surface area contributed by atoms with Gasteiger partial charge in [0.2, 0.25) is 11.9 Å². The van der Waals surface area contributed by atoms with E-state index in [0.717, 1.165) is 0 Å². The van der Waals surface area contributed by atoms with Crippen molar-refractivity contribution in [2.75, 3.05) is 31.4 Å². The minimum absolute atomic E-state index is 0.0406. The molecule has 0 unspecified atom stereocenters. The third kappa shape index (κ3) is 4.77. The molecule has 0 saturated heterocycles. The van der Waals surface area contributed by atoms with Crippen molar-refractivity contribution in [2.24, 2.45) is 0 Å². The second-order valence-corrected chi connectivity index (χ2v) is 4.22. The van der Waals surface area contributed by atoms with Crippen LogP contribution in [0.5, 0.6) is 5.75 Å². The molecule has 3 N–H and O–H groups in total. The minimum atomic E-state index is -0.228. The maximum absolute atomic E-state index is 11.9. The standard InChI is InChI=1S/C13H17N5O3/c1-20-5-6-21-11-4-2-3-10(7-11)16-12(19)8-18-9-15-13(14)17-18/h2-4,7,9H,5-6,8H2,1H3,(H2,14,17)(H,16,19). The number of methoxy groups -OCH3 is 1. The van der Waals surface area contributed by atoms with Crippen molar-refractivity contribution in [1.82, 2.24) is 14.8 Å². The van der Waals surface area contributed by atoms with Gasteiger partial charge in [0.1, 0.15) is 25.2 Å². The van der Waals surface area contributed by atoms with Crippen LogP contribution in [0.15, 0.2) is 30.6 Å². The number of nitrogens with one attached hydrogen (secondary N) is 1. The summed E-state index contributed by atoms with van der Waals surface area (Å²) in [4.78, 5) is 15.6. The highest BCUT2D eigenvalue weighted by atomic mass is 16.5. The number of rotatable bonds is 7. The van der Waals surface area contributed by atoms with Crippen molar-refractivity contribution < 1.29 is 14.3 Å². The first kappa shape index (κ1) is 14.8. The molecule has 0 atom stereocenters. The van der Waals surface area contributed by atoms with Crippen molar-refractivity contribution in [3.05, 3.63) is 30.6 Å². The van der Waals surface area contributed by atoms with E-state index in [1.165, 1.54) is 11.0 Å². The molecule has 21 heavy (non-hydrogen) atoms. The van der Waals surface area contributed by atoms with Gasteiger partial charge in [0.25, 0.3) is 0 Å². The molecule has 1 aromatic heterocycles. The van der Waals surface area contributed by atoms with Crippen LogP contribution in [0.4, 0.5) is 11.6 Å². The summed E-state index contributed by atoms with van der Waals surface area (Å²) in [6.07, 6.45) is 1.40. The van der Waals surface area contributed by atoms with Gasteiger partial charge in [-0.3, -0.25) is 4.79 Å². The summed E-state index contributed by atoms with van der Waals surface area (Å²) >= 11 is 0. The first-order chi connectivity index (χ1) is 10.2. The molecule has 0 aliphatic heterocycles. The summed E-state index contributed by atoms with van der Waals surface area (Å²) in [5.41, 5.74) is 6.02. The van der Waals surface area contributed by atoms with E-state index in [2.05, 4.69) is 15.4 Å².